The second-order valence-corrected chi connectivity index (χ2v) is 15.3. The van der Waals surface area contributed by atoms with E-state index in [1.54, 1.807) is 6.08 Å². The van der Waals surface area contributed by atoms with Gasteiger partial charge in [-0.1, -0.05) is 188 Å². The molecule has 0 aliphatic carbocycles. The van der Waals surface area contributed by atoms with Crippen molar-refractivity contribution >= 4 is 17.9 Å². The van der Waals surface area contributed by atoms with Gasteiger partial charge in [-0.25, -0.2) is 0 Å². The lowest BCUT2D eigenvalue weighted by molar-refractivity contribution is -0.166. The molecule has 0 aromatic rings. The number of unbranched alkanes of at least 4 members (excludes halogenated alkanes) is 13. The first kappa shape index (κ1) is 56.1. The van der Waals surface area contributed by atoms with Crippen molar-refractivity contribution in [2.75, 3.05) is 13.2 Å². The van der Waals surface area contributed by atoms with E-state index in [2.05, 4.69) is 118 Å². The van der Waals surface area contributed by atoms with Crippen LogP contribution in [0.5, 0.6) is 0 Å². The standard InChI is InChI=1S/C54H86O6/c1-4-7-10-13-16-19-21-23-25-27-29-30-32-35-38-41-44-47-53(56)59-50-51(49-58-52(55)46-43-40-37-34-18-15-12-9-6-3)60-54(57)48-45-42-39-36-33-31-28-26-24-22-20-17-14-11-8-5-2/h8-9,11-12,17-18,20,23-26,29-30,34-35,38,40,43,51H,4-7,10,13-16,19,21-22,27-28,31-33,36-37,39,41-42,44-50H2,1-3H3/b11-8-,12-9-,20-17-,25-23-,26-24-,30-29-,34-18-,38-35-,43-40-. The Bertz CT molecular complexity index is 1280. The second kappa shape index (κ2) is 47.7. The summed E-state index contributed by atoms with van der Waals surface area (Å²) in [4.78, 5) is 37.7. The van der Waals surface area contributed by atoms with Gasteiger partial charge in [0.05, 0.1) is 6.42 Å². The number of allylic oxidation sites excluding steroid dienone is 17. The third-order valence-corrected chi connectivity index (χ3v) is 9.53. The molecule has 6 heteroatoms. The quantitative estimate of drug-likeness (QED) is 0.0264. The van der Waals surface area contributed by atoms with Gasteiger partial charge in [0.25, 0.3) is 0 Å². The monoisotopic (exact) mass is 831 g/mol. The van der Waals surface area contributed by atoms with Gasteiger partial charge in [-0.15, -0.1) is 0 Å². The molecule has 0 amide bonds. The molecule has 0 spiro atoms. The van der Waals surface area contributed by atoms with Crippen LogP contribution in [0.15, 0.2) is 109 Å². The molecule has 0 N–H and O–H groups in total. The summed E-state index contributed by atoms with van der Waals surface area (Å²) in [5.74, 6) is -1.14. The first-order valence-corrected chi connectivity index (χ1v) is 23.9. The maximum Gasteiger partial charge on any atom is 0.309 e. The highest BCUT2D eigenvalue weighted by Gasteiger charge is 2.19. The smallest absolute Gasteiger partial charge is 0.309 e. The van der Waals surface area contributed by atoms with Crippen LogP contribution in [0.3, 0.4) is 0 Å². The molecule has 0 saturated carbocycles. The van der Waals surface area contributed by atoms with Crippen molar-refractivity contribution in [1.29, 1.82) is 0 Å². The topological polar surface area (TPSA) is 78.9 Å². The summed E-state index contributed by atoms with van der Waals surface area (Å²) in [5, 5.41) is 0. The molecule has 0 bridgehead atoms. The highest BCUT2D eigenvalue weighted by atomic mass is 16.6. The zero-order chi connectivity index (χ0) is 43.7. The van der Waals surface area contributed by atoms with Crippen molar-refractivity contribution in [2.45, 2.75) is 200 Å². The summed E-state index contributed by atoms with van der Waals surface area (Å²) in [6.07, 6.45) is 64.0. The maximum atomic E-state index is 12.7. The Morgan fingerprint density at radius 2 is 0.733 bits per heavy atom. The number of ether oxygens (including phenoxy) is 3. The van der Waals surface area contributed by atoms with Crippen LogP contribution in [-0.2, 0) is 28.6 Å². The van der Waals surface area contributed by atoms with Crippen LogP contribution in [0.1, 0.15) is 194 Å². The molecular formula is C54H86O6. The highest BCUT2D eigenvalue weighted by molar-refractivity contribution is 5.72. The van der Waals surface area contributed by atoms with Crippen molar-refractivity contribution in [3.8, 4) is 0 Å². The minimum Gasteiger partial charge on any atom is -0.462 e. The van der Waals surface area contributed by atoms with Crippen LogP contribution in [0.25, 0.3) is 0 Å². The summed E-state index contributed by atoms with van der Waals surface area (Å²) >= 11 is 0. The summed E-state index contributed by atoms with van der Waals surface area (Å²) in [5.41, 5.74) is 0. The van der Waals surface area contributed by atoms with Crippen LogP contribution in [0.4, 0.5) is 0 Å². The van der Waals surface area contributed by atoms with Crippen LogP contribution in [-0.4, -0.2) is 37.2 Å². The van der Waals surface area contributed by atoms with Crippen LogP contribution < -0.4 is 0 Å². The largest absolute Gasteiger partial charge is 0.462 e. The highest BCUT2D eigenvalue weighted by Crippen LogP contribution is 2.12. The van der Waals surface area contributed by atoms with E-state index in [0.29, 0.717) is 6.42 Å². The van der Waals surface area contributed by atoms with E-state index in [4.69, 9.17) is 14.2 Å². The molecule has 0 fully saturated rings. The SMILES string of the molecule is CC/C=C\C/C=C\C/C=C\CCCCCCCCC(=O)OC(COC(=O)C/C=C\C/C=C\C/C=C\CC)COC(=O)CCC/C=C\C/C=C\C/C=C\CCCCCCCC. The molecule has 60 heavy (non-hydrogen) atoms. The minimum atomic E-state index is -0.841. The predicted octanol–water partition coefficient (Wildman–Crippen LogP) is 15.6. The summed E-state index contributed by atoms with van der Waals surface area (Å²) in [6, 6.07) is 0. The Morgan fingerprint density at radius 1 is 0.367 bits per heavy atom. The first-order chi connectivity index (χ1) is 29.5. The molecular weight excluding hydrogens is 745 g/mol. The second-order valence-electron chi connectivity index (χ2n) is 15.3. The van der Waals surface area contributed by atoms with Gasteiger partial charge in [-0.05, 0) is 96.3 Å². The fourth-order valence-corrected chi connectivity index (χ4v) is 6.00. The van der Waals surface area contributed by atoms with Gasteiger partial charge in [-0.3, -0.25) is 14.4 Å². The first-order valence-electron chi connectivity index (χ1n) is 23.9. The Hall–Kier alpha value is -3.93. The maximum absolute atomic E-state index is 12.7. The van der Waals surface area contributed by atoms with Crippen molar-refractivity contribution in [3.05, 3.63) is 109 Å². The van der Waals surface area contributed by atoms with E-state index < -0.39 is 12.1 Å². The Labute approximate surface area is 368 Å². The zero-order valence-electron chi connectivity index (χ0n) is 38.4. The number of carbonyl (C=O) groups excluding carboxylic acids is 3. The summed E-state index contributed by atoms with van der Waals surface area (Å²) < 4.78 is 16.6. The number of hydrogen-bond acceptors (Lipinski definition) is 6. The van der Waals surface area contributed by atoms with Gasteiger partial charge in [0, 0.05) is 12.8 Å². The molecule has 0 radical (unpaired) electrons. The van der Waals surface area contributed by atoms with E-state index >= 15 is 0 Å². The number of rotatable bonds is 41. The van der Waals surface area contributed by atoms with E-state index in [9.17, 15) is 14.4 Å². The zero-order valence-corrected chi connectivity index (χ0v) is 38.4. The molecule has 0 aliphatic rings. The molecule has 1 unspecified atom stereocenters. The average Bonchev–Trinajstić information content (AvgIpc) is 3.24. The number of carbonyl (C=O) groups is 3. The van der Waals surface area contributed by atoms with Gasteiger partial charge >= 0.3 is 17.9 Å². The third-order valence-electron chi connectivity index (χ3n) is 9.53. The Morgan fingerprint density at radius 3 is 1.22 bits per heavy atom. The van der Waals surface area contributed by atoms with Crippen molar-refractivity contribution in [3.63, 3.8) is 0 Å². The molecule has 0 saturated heterocycles. The third kappa shape index (κ3) is 45.2. The van der Waals surface area contributed by atoms with E-state index in [1.807, 2.05) is 6.08 Å². The van der Waals surface area contributed by atoms with Crippen LogP contribution in [0.2, 0.25) is 0 Å². The lowest BCUT2D eigenvalue weighted by Crippen LogP contribution is -2.30. The molecule has 0 aromatic carbocycles. The lowest BCUT2D eigenvalue weighted by Gasteiger charge is -2.18. The molecule has 0 heterocycles. The van der Waals surface area contributed by atoms with Crippen molar-refractivity contribution in [2.24, 2.45) is 0 Å². The number of esters is 3. The molecule has 338 valence electrons. The van der Waals surface area contributed by atoms with Gasteiger partial charge in [0.2, 0.25) is 0 Å². The van der Waals surface area contributed by atoms with Crippen molar-refractivity contribution < 1.29 is 28.6 Å². The molecule has 6 nitrogen and oxygen atoms in total. The molecule has 1 atom stereocenters. The summed E-state index contributed by atoms with van der Waals surface area (Å²) in [6.45, 7) is 6.22. The fraction of sp³-hybridized carbons (Fsp3) is 0.611. The van der Waals surface area contributed by atoms with E-state index in [1.165, 1.54) is 57.8 Å². The molecule has 0 aliphatic heterocycles. The van der Waals surface area contributed by atoms with Gasteiger partial charge in [-0.2, -0.15) is 0 Å². The Balaban J connectivity index is 4.52. The Kier molecular flexibility index (Phi) is 44.6. The van der Waals surface area contributed by atoms with Gasteiger partial charge < -0.3 is 14.2 Å². The average molecular weight is 831 g/mol. The summed E-state index contributed by atoms with van der Waals surface area (Å²) in [7, 11) is 0. The van der Waals surface area contributed by atoms with Crippen LogP contribution >= 0.6 is 0 Å². The van der Waals surface area contributed by atoms with E-state index in [-0.39, 0.29) is 44.4 Å². The fourth-order valence-electron chi connectivity index (χ4n) is 6.00. The minimum absolute atomic E-state index is 0.120. The van der Waals surface area contributed by atoms with Crippen molar-refractivity contribution in [1.82, 2.24) is 0 Å². The van der Waals surface area contributed by atoms with Gasteiger partial charge in [0.15, 0.2) is 6.10 Å². The van der Waals surface area contributed by atoms with E-state index in [0.717, 1.165) is 89.9 Å². The molecule has 0 aromatic heterocycles. The predicted molar refractivity (Wildman–Crippen MR) is 256 cm³/mol. The molecule has 0 rings (SSSR count). The van der Waals surface area contributed by atoms with Crippen LogP contribution in [0, 0.1) is 0 Å². The van der Waals surface area contributed by atoms with Gasteiger partial charge in [0.1, 0.15) is 13.2 Å². The normalized spacial score (nSPS) is 13.1. The lowest BCUT2D eigenvalue weighted by atomic mass is 10.1. The number of hydrogen-bond donors (Lipinski definition) is 0.